The number of rotatable bonds is 9. The summed E-state index contributed by atoms with van der Waals surface area (Å²) in [5.41, 5.74) is 1.22. The van der Waals surface area contributed by atoms with Gasteiger partial charge in [0.15, 0.2) is 0 Å². The van der Waals surface area contributed by atoms with Crippen LogP contribution in [-0.2, 0) is 22.6 Å². The quantitative estimate of drug-likeness (QED) is 0.654. The van der Waals surface area contributed by atoms with Crippen molar-refractivity contribution in [1.29, 1.82) is 0 Å². The van der Waals surface area contributed by atoms with E-state index in [4.69, 9.17) is 9.47 Å². The summed E-state index contributed by atoms with van der Waals surface area (Å²) in [6.45, 7) is 6.20. The smallest absolute Gasteiger partial charge is 0.105 e. The van der Waals surface area contributed by atoms with Crippen molar-refractivity contribution >= 4 is 0 Å². The van der Waals surface area contributed by atoms with Crippen LogP contribution in [0.25, 0.3) is 0 Å². The predicted molar refractivity (Wildman–Crippen MR) is 67.0 cm³/mol. The van der Waals surface area contributed by atoms with Gasteiger partial charge in [-0.2, -0.15) is 0 Å². The number of methoxy groups -OCH3 is 2. The largest absolute Gasteiger partial charge is 0.385 e. The molecular weight excluding hydrogens is 218 g/mol. The van der Waals surface area contributed by atoms with Gasteiger partial charge in [-0.15, -0.1) is 0 Å². The number of hydrogen-bond donors (Lipinski definition) is 1. The van der Waals surface area contributed by atoms with Crippen LogP contribution in [0, 0.1) is 6.92 Å². The lowest BCUT2D eigenvalue weighted by Gasteiger charge is -2.10. The van der Waals surface area contributed by atoms with E-state index in [0.717, 1.165) is 45.1 Å². The van der Waals surface area contributed by atoms with Crippen molar-refractivity contribution in [2.75, 3.05) is 34.0 Å². The monoisotopic (exact) mass is 241 g/mol. The second-order valence-corrected chi connectivity index (χ2v) is 3.96. The molecule has 5 heteroatoms. The zero-order chi connectivity index (χ0) is 12.5. The standard InChI is InChI=1S/C12H23N3O2/c1-11-14-10-12(9-13-5-8-17-3)15(11)6-4-7-16-2/h10,13H,4-9H2,1-3H3. The van der Waals surface area contributed by atoms with E-state index in [1.165, 1.54) is 5.69 Å². The molecule has 17 heavy (non-hydrogen) atoms. The van der Waals surface area contributed by atoms with Gasteiger partial charge in [-0.3, -0.25) is 0 Å². The van der Waals surface area contributed by atoms with Crippen LogP contribution in [0.5, 0.6) is 0 Å². The number of aryl methyl sites for hydroxylation is 1. The second-order valence-electron chi connectivity index (χ2n) is 3.96. The number of aromatic nitrogens is 2. The molecule has 1 aromatic rings. The zero-order valence-corrected chi connectivity index (χ0v) is 11.0. The van der Waals surface area contributed by atoms with Gasteiger partial charge in [-0.25, -0.2) is 4.98 Å². The minimum absolute atomic E-state index is 0.733. The van der Waals surface area contributed by atoms with Crippen molar-refractivity contribution in [2.24, 2.45) is 0 Å². The van der Waals surface area contributed by atoms with Crippen LogP contribution >= 0.6 is 0 Å². The fraction of sp³-hybridized carbons (Fsp3) is 0.750. The first-order valence-electron chi connectivity index (χ1n) is 5.99. The van der Waals surface area contributed by atoms with E-state index in [9.17, 15) is 0 Å². The van der Waals surface area contributed by atoms with Gasteiger partial charge in [0.25, 0.3) is 0 Å². The number of hydrogen-bond acceptors (Lipinski definition) is 4. The van der Waals surface area contributed by atoms with Crippen LogP contribution in [0.2, 0.25) is 0 Å². The van der Waals surface area contributed by atoms with Gasteiger partial charge in [0.2, 0.25) is 0 Å². The van der Waals surface area contributed by atoms with Crippen molar-refractivity contribution in [1.82, 2.24) is 14.9 Å². The highest BCUT2D eigenvalue weighted by Crippen LogP contribution is 2.05. The lowest BCUT2D eigenvalue weighted by Crippen LogP contribution is -2.21. The average molecular weight is 241 g/mol. The Labute approximate surface area is 103 Å². The van der Waals surface area contributed by atoms with Gasteiger partial charge in [-0.1, -0.05) is 0 Å². The number of nitrogens with zero attached hydrogens (tertiary/aromatic N) is 2. The molecule has 1 rings (SSSR count). The Morgan fingerprint density at radius 3 is 2.76 bits per heavy atom. The van der Waals surface area contributed by atoms with Gasteiger partial charge < -0.3 is 19.4 Å². The van der Waals surface area contributed by atoms with Gasteiger partial charge in [0.05, 0.1) is 12.3 Å². The summed E-state index contributed by atoms with van der Waals surface area (Å²) in [5, 5.41) is 3.33. The van der Waals surface area contributed by atoms with E-state index in [-0.39, 0.29) is 0 Å². The molecule has 0 spiro atoms. The molecule has 0 fully saturated rings. The molecule has 0 saturated carbocycles. The topological polar surface area (TPSA) is 48.3 Å². The number of ether oxygens (including phenoxy) is 2. The molecule has 0 aromatic carbocycles. The Balaban J connectivity index is 2.41. The molecule has 98 valence electrons. The van der Waals surface area contributed by atoms with Crippen LogP contribution in [0.15, 0.2) is 6.20 Å². The number of imidazole rings is 1. The zero-order valence-electron chi connectivity index (χ0n) is 11.0. The Morgan fingerprint density at radius 2 is 2.06 bits per heavy atom. The first kappa shape index (κ1) is 14.2. The maximum absolute atomic E-state index is 5.07. The van der Waals surface area contributed by atoms with Gasteiger partial charge in [-0.05, 0) is 13.3 Å². The van der Waals surface area contributed by atoms with Crippen molar-refractivity contribution in [3.8, 4) is 0 Å². The molecule has 0 aliphatic rings. The highest BCUT2D eigenvalue weighted by atomic mass is 16.5. The summed E-state index contributed by atoms with van der Waals surface area (Å²) >= 11 is 0. The molecule has 1 aromatic heterocycles. The van der Waals surface area contributed by atoms with Crippen LogP contribution < -0.4 is 5.32 Å². The summed E-state index contributed by atoms with van der Waals surface area (Å²) in [6, 6.07) is 0. The van der Waals surface area contributed by atoms with Gasteiger partial charge >= 0.3 is 0 Å². The first-order valence-corrected chi connectivity index (χ1v) is 5.99. The molecule has 0 unspecified atom stereocenters. The molecule has 0 aliphatic carbocycles. The van der Waals surface area contributed by atoms with Crippen LogP contribution in [0.4, 0.5) is 0 Å². The van der Waals surface area contributed by atoms with Crippen molar-refractivity contribution in [3.05, 3.63) is 17.7 Å². The normalized spacial score (nSPS) is 11.0. The van der Waals surface area contributed by atoms with E-state index >= 15 is 0 Å². The van der Waals surface area contributed by atoms with Crippen molar-refractivity contribution in [3.63, 3.8) is 0 Å². The molecule has 5 nitrogen and oxygen atoms in total. The third kappa shape index (κ3) is 4.85. The van der Waals surface area contributed by atoms with Gasteiger partial charge in [0.1, 0.15) is 5.82 Å². The van der Waals surface area contributed by atoms with E-state index in [2.05, 4.69) is 14.9 Å². The van der Waals surface area contributed by atoms with E-state index < -0.39 is 0 Å². The summed E-state index contributed by atoms with van der Waals surface area (Å²) in [7, 11) is 3.44. The van der Waals surface area contributed by atoms with Crippen molar-refractivity contribution < 1.29 is 9.47 Å². The molecule has 0 aliphatic heterocycles. The maximum atomic E-state index is 5.07. The second kappa shape index (κ2) is 8.22. The number of nitrogens with one attached hydrogen (secondary N) is 1. The Morgan fingerprint density at radius 1 is 1.29 bits per heavy atom. The molecule has 0 amide bonds. The third-order valence-corrected chi connectivity index (χ3v) is 2.66. The van der Waals surface area contributed by atoms with Crippen molar-refractivity contribution in [2.45, 2.75) is 26.4 Å². The fourth-order valence-electron chi connectivity index (χ4n) is 1.72. The minimum atomic E-state index is 0.733. The average Bonchev–Trinajstić information content (AvgIpc) is 2.67. The molecule has 0 atom stereocenters. The van der Waals surface area contributed by atoms with E-state index in [1.807, 2.05) is 13.1 Å². The molecular formula is C12H23N3O2. The highest BCUT2D eigenvalue weighted by Gasteiger charge is 2.05. The van der Waals surface area contributed by atoms with E-state index in [0.29, 0.717) is 0 Å². The lowest BCUT2D eigenvalue weighted by atomic mass is 10.4. The van der Waals surface area contributed by atoms with Crippen LogP contribution in [-0.4, -0.2) is 43.5 Å². The molecule has 0 bridgehead atoms. The van der Waals surface area contributed by atoms with E-state index in [1.54, 1.807) is 14.2 Å². The summed E-state index contributed by atoms with van der Waals surface area (Å²) < 4.78 is 12.3. The highest BCUT2D eigenvalue weighted by molar-refractivity contribution is 5.04. The molecule has 1 N–H and O–H groups in total. The summed E-state index contributed by atoms with van der Waals surface area (Å²) in [5.74, 6) is 1.06. The Bertz CT molecular complexity index is 313. The SMILES string of the molecule is COCCCn1c(CNCCOC)cnc1C. The van der Waals surface area contributed by atoms with Crippen LogP contribution in [0.1, 0.15) is 17.9 Å². The lowest BCUT2D eigenvalue weighted by molar-refractivity contribution is 0.189. The predicted octanol–water partition coefficient (Wildman–Crippen LogP) is 0.964. The minimum Gasteiger partial charge on any atom is -0.385 e. The van der Waals surface area contributed by atoms with Crippen LogP contribution in [0.3, 0.4) is 0 Å². The third-order valence-electron chi connectivity index (χ3n) is 2.66. The summed E-state index contributed by atoms with van der Waals surface area (Å²) in [6.07, 6.45) is 2.95. The first-order chi connectivity index (χ1) is 8.29. The Kier molecular flexibility index (Phi) is 6.84. The summed E-state index contributed by atoms with van der Waals surface area (Å²) in [4.78, 5) is 4.35. The van der Waals surface area contributed by atoms with Gasteiger partial charge in [0, 0.05) is 46.7 Å². The fourth-order valence-corrected chi connectivity index (χ4v) is 1.72. The maximum Gasteiger partial charge on any atom is 0.105 e. The molecule has 1 heterocycles. The Hall–Kier alpha value is -0.910. The molecule has 0 radical (unpaired) electrons. The molecule has 0 saturated heterocycles.